The molecule has 0 saturated heterocycles. The van der Waals surface area contributed by atoms with E-state index < -0.39 is 5.97 Å². The number of carboxylic acids is 1. The first kappa shape index (κ1) is 18.0. The van der Waals surface area contributed by atoms with Crippen LogP contribution >= 0.6 is 11.3 Å². The van der Waals surface area contributed by atoms with Gasteiger partial charge in [-0.05, 0) is 29.8 Å². The van der Waals surface area contributed by atoms with Crippen molar-refractivity contribution < 1.29 is 24.2 Å². The second kappa shape index (κ2) is 9.05. The third-order valence-electron chi connectivity index (χ3n) is 3.15. The SMILES string of the molecule is COCCCOc1cccc(CNC(=O)c2ccc(C(=O)O)s2)c1. The number of carbonyl (C=O) groups is 2. The van der Waals surface area contributed by atoms with Crippen molar-refractivity contribution in [2.45, 2.75) is 13.0 Å². The van der Waals surface area contributed by atoms with Gasteiger partial charge in [0.1, 0.15) is 10.6 Å². The molecule has 6 nitrogen and oxygen atoms in total. The molecular weight excluding hydrogens is 330 g/mol. The first-order valence-corrected chi connectivity index (χ1v) is 8.24. The van der Waals surface area contributed by atoms with Gasteiger partial charge in [0.15, 0.2) is 0 Å². The van der Waals surface area contributed by atoms with Gasteiger partial charge in [-0.25, -0.2) is 4.79 Å². The molecule has 0 aliphatic heterocycles. The Morgan fingerprint density at radius 1 is 1.17 bits per heavy atom. The monoisotopic (exact) mass is 349 g/mol. The number of ether oxygens (including phenoxy) is 2. The maximum atomic E-state index is 12.0. The zero-order valence-electron chi connectivity index (χ0n) is 13.3. The summed E-state index contributed by atoms with van der Waals surface area (Å²) in [7, 11) is 1.65. The number of methoxy groups -OCH3 is 1. The van der Waals surface area contributed by atoms with Gasteiger partial charge >= 0.3 is 5.97 Å². The first-order valence-electron chi connectivity index (χ1n) is 7.42. The average molecular weight is 349 g/mol. The minimum absolute atomic E-state index is 0.145. The van der Waals surface area contributed by atoms with Crippen molar-refractivity contribution >= 4 is 23.2 Å². The maximum absolute atomic E-state index is 12.0. The van der Waals surface area contributed by atoms with E-state index in [4.69, 9.17) is 14.6 Å². The molecule has 24 heavy (non-hydrogen) atoms. The van der Waals surface area contributed by atoms with Crippen LogP contribution in [-0.4, -0.2) is 37.3 Å². The summed E-state index contributed by atoms with van der Waals surface area (Å²) in [6.07, 6.45) is 0.807. The van der Waals surface area contributed by atoms with E-state index in [1.165, 1.54) is 12.1 Å². The lowest BCUT2D eigenvalue weighted by Crippen LogP contribution is -2.21. The summed E-state index contributed by atoms with van der Waals surface area (Å²) >= 11 is 0.955. The molecule has 0 atom stereocenters. The van der Waals surface area contributed by atoms with Crippen molar-refractivity contribution in [2.24, 2.45) is 0 Å². The van der Waals surface area contributed by atoms with E-state index in [1.807, 2.05) is 24.3 Å². The van der Waals surface area contributed by atoms with Crippen LogP contribution in [0.1, 0.15) is 31.3 Å². The fourth-order valence-corrected chi connectivity index (χ4v) is 2.74. The summed E-state index contributed by atoms with van der Waals surface area (Å²) in [5.74, 6) is -0.585. The molecule has 1 amide bonds. The fourth-order valence-electron chi connectivity index (χ4n) is 1.98. The molecule has 0 aliphatic carbocycles. The number of carboxylic acid groups (broad SMARTS) is 1. The second-order valence-corrected chi connectivity index (χ2v) is 6.08. The molecule has 0 fully saturated rings. The molecule has 2 N–H and O–H groups in total. The van der Waals surface area contributed by atoms with Gasteiger partial charge in [-0.2, -0.15) is 0 Å². The molecule has 0 aliphatic rings. The molecule has 128 valence electrons. The van der Waals surface area contributed by atoms with Gasteiger partial charge < -0.3 is 19.9 Å². The molecule has 2 aromatic rings. The Labute approximate surface area is 144 Å². The molecule has 1 aromatic carbocycles. The average Bonchev–Trinajstić information content (AvgIpc) is 3.07. The van der Waals surface area contributed by atoms with E-state index in [0.29, 0.717) is 24.6 Å². The summed E-state index contributed by atoms with van der Waals surface area (Å²) in [4.78, 5) is 23.4. The quantitative estimate of drug-likeness (QED) is 0.680. The zero-order chi connectivity index (χ0) is 17.4. The highest BCUT2D eigenvalue weighted by Gasteiger charge is 2.12. The molecule has 0 radical (unpaired) electrons. The summed E-state index contributed by atoms with van der Waals surface area (Å²) in [6, 6.07) is 10.4. The minimum atomic E-state index is -1.03. The topological polar surface area (TPSA) is 84.9 Å². The number of rotatable bonds is 9. The largest absolute Gasteiger partial charge is 0.493 e. The number of amides is 1. The Hall–Kier alpha value is -2.38. The number of hydrogen-bond acceptors (Lipinski definition) is 5. The van der Waals surface area contributed by atoms with Gasteiger partial charge in [0, 0.05) is 26.7 Å². The van der Waals surface area contributed by atoms with Gasteiger partial charge in [0.2, 0.25) is 0 Å². The Kier molecular flexibility index (Phi) is 6.77. The van der Waals surface area contributed by atoms with E-state index in [0.717, 1.165) is 29.1 Å². The van der Waals surface area contributed by atoms with Gasteiger partial charge in [-0.3, -0.25) is 4.79 Å². The molecule has 1 aromatic heterocycles. The zero-order valence-corrected chi connectivity index (χ0v) is 14.1. The lowest BCUT2D eigenvalue weighted by atomic mass is 10.2. The normalized spacial score (nSPS) is 10.4. The minimum Gasteiger partial charge on any atom is -0.493 e. The van der Waals surface area contributed by atoms with Crippen LogP contribution in [-0.2, 0) is 11.3 Å². The van der Waals surface area contributed by atoms with Crippen molar-refractivity contribution in [2.75, 3.05) is 20.3 Å². The molecule has 7 heteroatoms. The summed E-state index contributed by atoms with van der Waals surface area (Å²) in [6.45, 7) is 1.56. The summed E-state index contributed by atoms with van der Waals surface area (Å²) < 4.78 is 10.6. The van der Waals surface area contributed by atoms with Crippen molar-refractivity contribution in [1.82, 2.24) is 5.32 Å². The second-order valence-electron chi connectivity index (χ2n) is 4.99. The van der Waals surface area contributed by atoms with Crippen LogP contribution in [0.25, 0.3) is 0 Å². The van der Waals surface area contributed by atoms with Crippen LogP contribution < -0.4 is 10.1 Å². The molecule has 1 heterocycles. The van der Waals surface area contributed by atoms with Crippen LogP contribution in [0.2, 0.25) is 0 Å². The molecule has 0 bridgehead atoms. The third kappa shape index (κ3) is 5.36. The Morgan fingerprint density at radius 3 is 2.67 bits per heavy atom. The summed E-state index contributed by atoms with van der Waals surface area (Å²) in [5, 5.41) is 11.7. The predicted octanol–water partition coefficient (Wildman–Crippen LogP) is 2.79. The lowest BCUT2D eigenvalue weighted by Gasteiger charge is -2.08. The smallest absolute Gasteiger partial charge is 0.345 e. The Balaban J connectivity index is 1.86. The van der Waals surface area contributed by atoms with Gasteiger partial charge in [0.25, 0.3) is 5.91 Å². The van der Waals surface area contributed by atoms with Crippen molar-refractivity contribution in [3.63, 3.8) is 0 Å². The van der Waals surface area contributed by atoms with E-state index >= 15 is 0 Å². The number of hydrogen-bond donors (Lipinski definition) is 2. The van der Waals surface area contributed by atoms with Crippen molar-refractivity contribution in [1.29, 1.82) is 0 Å². The van der Waals surface area contributed by atoms with Crippen molar-refractivity contribution in [3.05, 3.63) is 51.7 Å². The highest BCUT2D eigenvalue weighted by molar-refractivity contribution is 7.15. The van der Waals surface area contributed by atoms with E-state index in [2.05, 4.69) is 5.32 Å². The molecular formula is C17H19NO5S. The predicted molar refractivity (Wildman–Crippen MR) is 90.9 cm³/mol. The van der Waals surface area contributed by atoms with Crippen LogP contribution in [0, 0.1) is 0 Å². The number of carbonyl (C=O) groups excluding carboxylic acids is 1. The Bertz CT molecular complexity index is 698. The van der Waals surface area contributed by atoms with E-state index in [-0.39, 0.29) is 10.8 Å². The maximum Gasteiger partial charge on any atom is 0.345 e. The number of nitrogens with one attached hydrogen (secondary N) is 1. The van der Waals surface area contributed by atoms with E-state index in [1.54, 1.807) is 7.11 Å². The number of thiophene rings is 1. The molecule has 0 spiro atoms. The standard InChI is InChI=1S/C17H19NO5S/c1-22-8-3-9-23-13-5-2-4-12(10-13)11-18-16(19)14-6-7-15(24-14)17(20)21/h2,4-7,10H,3,8-9,11H2,1H3,(H,18,19)(H,20,21). The fraction of sp³-hybridized carbons (Fsp3) is 0.294. The number of aromatic carboxylic acids is 1. The highest BCUT2D eigenvalue weighted by Crippen LogP contribution is 2.17. The Morgan fingerprint density at radius 2 is 1.96 bits per heavy atom. The van der Waals surface area contributed by atoms with Gasteiger partial charge in [0.05, 0.1) is 11.5 Å². The first-order chi connectivity index (χ1) is 11.6. The third-order valence-corrected chi connectivity index (χ3v) is 4.23. The highest BCUT2D eigenvalue weighted by atomic mass is 32.1. The van der Waals surface area contributed by atoms with Crippen LogP contribution in [0.5, 0.6) is 5.75 Å². The molecule has 0 unspecified atom stereocenters. The van der Waals surface area contributed by atoms with Crippen molar-refractivity contribution in [3.8, 4) is 5.75 Å². The number of benzene rings is 1. The van der Waals surface area contributed by atoms with Gasteiger partial charge in [-0.1, -0.05) is 12.1 Å². The van der Waals surface area contributed by atoms with Crippen LogP contribution in [0.15, 0.2) is 36.4 Å². The van der Waals surface area contributed by atoms with Crippen LogP contribution in [0.4, 0.5) is 0 Å². The van der Waals surface area contributed by atoms with E-state index in [9.17, 15) is 9.59 Å². The summed E-state index contributed by atoms with van der Waals surface area (Å²) in [5.41, 5.74) is 0.905. The van der Waals surface area contributed by atoms with Crippen LogP contribution in [0.3, 0.4) is 0 Å². The molecule has 0 saturated carbocycles. The lowest BCUT2D eigenvalue weighted by molar-refractivity contribution is 0.0702. The molecule has 2 rings (SSSR count). The van der Waals surface area contributed by atoms with Gasteiger partial charge in [-0.15, -0.1) is 11.3 Å².